The van der Waals surface area contributed by atoms with Gasteiger partial charge in [-0.15, -0.1) is 0 Å². The summed E-state index contributed by atoms with van der Waals surface area (Å²) in [5.74, 6) is 2.31. The summed E-state index contributed by atoms with van der Waals surface area (Å²) >= 11 is 0. The van der Waals surface area contributed by atoms with Crippen molar-refractivity contribution >= 4 is 5.96 Å². The van der Waals surface area contributed by atoms with Crippen molar-refractivity contribution in [1.29, 1.82) is 0 Å². The van der Waals surface area contributed by atoms with E-state index < -0.39 is 0 Å². The van der Waals surface area contributed by atoms with Gasteiger partial charge < -0.3 is 19.7 Å². The van der Waals surface area contributed by atoms with Crippen LogP contribution in [0.4, 0.5) is 0 Å². The molecule has 25 heavy (non-hydrogen) atoms. The van der Waals surface area contributed by atoms with Crippen LogP contribution in [-0.2, 0) is 13.1 Å². The van der Waals surface area contributed by atoms with Crippen LogP contribution in [0.5, 0.6) is 11.6 Å². The van der Waals surface area contributed by atoms with Gasteiger partial charge in [0.05, 0.1) is 13.7 Å². The fourth-order valence-electron chi connectivity index (χ4n) is 2.55. The van der Waals surface area contributed by atoms with E-state index in [1.54, 1.807) is 20.4 Å². The van der Waals surface area contributed by atoms with Gasteiger partial charge in [-0.3, -0.25) is 4.99 Å². The summed E-state index contributed by atoms with van der Waals surface area (Å²) in [6.45, 7) is 3.82. The Kier molecular flexibility index (Phi) is 7.07. The molecule has 0 aliphatic rings. The zero-order chi connectivity index (χ0) is 18.1. The van der Waals surface area contributed by atoms with Gasteiger partial charge in [-0.05, 0) is 19.1 Å². The molecule has 0 saturated carbocycles. The Morgan fingerprint density at radius 1 is 1.20 bits per heavy atom. The number of nitrogens with zero attached hydrogens (tertiary/aromatic N) is 3. The number of rotatable bonds is 7. The molecular weight excluding hydrogens is 316 g/mol. The van der Waals surface area contributed by atoms with Gasteiger partial charge in [0.2, 0.25) is 5.88 Å². The maximum atomic E-state index is 5.57. The van der Waals surface area contributed by atoms with Crippen molar-refractivity contribution in [3.63, 3.8) is 0 Å². The average molecular weight is 342 g/mol. The summed E-state index contributed by atoms with van der Waals surface area (Å²) in [5.41, 5.74) is 2.10. The Morgan fingerprint density at radius 3 is 2.68 bits per heavy atom. The maximum Gasteiger partial charge on any atom is 0.218 e. The zero-order valence-corrected chi connectivity index (χ0v) is 15.3. The summed E-state index contributed by atoms with van der Waals surface area (Å²) in [6.07, 6.45) is 1.73. The predicted octanol–water partition coefficient (Wildman–Crippen LogP) is 2.70. The Bertz CT molecular complexity index is 703. The molecule has 134 valence electrons. The van der Waals surface area contributed by atoms with E-state index in [0.717, 1.165) is 22.8 Å². The van der Waals surface area contributed by atoms with Gasteiger partial charge in [-0.2, -0.15) is 0 Å². The first-order valence-corrected chi connectivity index (χ1v) is 8.30. The molecule has 2 aromatic rings. The van der Waals surface area contributed by atoms with Gasteiger partial charge in [-0.25, -0.2) is 4.98 Å². The van der Waals surface area contributed by atoms with Gasteiger partial charge in [0.15, 0.2) is 5.96 Å². The summed E-state index contributed by atoms with van der Waals surface area (Å²) in [4.78, 5) is 10.7. The third kappa shape index (κ3) is 5.11. The molecule has 6 heteroatoms. The van der Waals surface area contributed by atoms with Crippen LogP contribution < -0.4 is 14.8 Å². The standard InChI is InChI=1S/C19H26N4O2/c1-5-25-18-15(10-8-12-21-18)13-22-19(20-2)23(3)14-16-9-6-7-11-17(16)24-4/h6-12H,5,13-14H2,1-4H3,(H,20,22). The molecule has 0 saturated heterocycles. The molecule has 0 aliphatic carbocycles. The van der Waals surface area contributed by atoms with E-state index in [0.29, 0.717) is 25.6 Å². The van der Waals surface area contributed by atoms with Crippen molar-refractivity contribution < 1.29 is 9.47 Å². The van der Waals surface area contributed by atoms with E-state index in [4.69, 9.17) is 9.47 Å². The molecule has 0 fully saturated rings. The molecule has 0 amide bonds. The van der Waals surface area contributed by atoms with Crippen LogP contribution in [0.25, 0.3) is 0 Å². The van der Waals surface area contributed by atoms with Gasteiger partial charge in [0.25, 0.3) is 0 Å². The third-order valence-corrected chi connectivity index (χ3v) is 3.74. The normalized spacial score (nSPS) is 11.1. The van der Waals surface area contributed by atoms with Crippen molar-refractivity contribution in [3.8, 4) is 11.6 Å². The third-order valence-electron chi connectivity index (χ3n) is 3.74. The van der Waals surface area contributed by atoms with Crippen LogP contribution in [0, 0.1) is 0 Å². The Balaban J connectivity index is 2.03. The van der Waals surface area contributed by atoms with Crippen LogP contribution in [0.15, 0.2) is 47.6 Å². The zero-order valence-electron chi connectivity index (χ0n) is 15.3. The Hall–Kier alpha value is -2.76. The van der Waals surface area contributed by atoms with E-state index in [2.05, 4.69) is 26.3 Å². The minimum atomic E-state index is 0.589. The number of nitrogens with one attached hydrogen (secondary N) is 1. The van der Waals surface area contributed by atoms with Crippen LogP contribution in [-0.4, -0.2) is 43.7 Å². The van der Waals surface area contributed by atoms with Crippen molar-refractivity contribution in [2.75, 3.05) is 27.8 Å². The van der Waals surface area contributed by atoms with Crippen molar-refractivity contribution in [2.24, 2.45) is 4.99 Å². The predicted molar refractivity (Wildman–Crippen MR) is 100 cm³/mol. The van der Waals surface area contributed by atoms with E-state index in [-0.39, 0.29) is 0 Å². The number of para-hydroxylation sites is 1. The number of hydrogen-bond acceptors (Lipinski definition) is 4. The molecule has 0 atom stereocenters. The summed E-state index contributed by atoms with van der Waals surface area (Å²) in [6, 6.07) is 11.9. The highest BCUT2D eigenvalue weighted by Crippen LogP contribution is 2.19. The van der Waals surface area contributed by atoms with Gasteiger partial charge in [-0.1, -0.05) is 24.3 Å². The number of methoxy groups -OCH3 is 1. The molecule has 2 rings (SSSR count). The Morgan fingerprint density at radius 2 is 1.96 bits per heavy atom. The van der Waals surface area contributed by atoms with Crippen molar-refractivity contribution in [2.45, 2.75) is 20.0 Å². The van der Waals surface area contributed by atoms with Gasteiger partial charge >= 0.3 is 0 Å². The summed E-state index contributed by atoms with van der Waals surface area (Å²) in [7, 11) is 5.45. The number of aliphatic imine (C=N–C) groups is 1. The quantitative estimate of drug-likeness (QED) is 0.619. The number of pyridine rings is 1. The molecule has 0 aliphatic heterocycles. The number of hydrogen-bond donors (Lipinski definition) is 1. The minimum absolute atomic E-state index is 0.589. The largest absolute Gasteiger partial charge is 0.496 e. The molecule has 0 unspecified atom stereocenters. The van der Waals surface area contributed by atoms with E-state index in [1.807, 2.05) is 44.3 Å². The first-order valence-electron chi connectivity index (χ1n) is 8.30. The lowest BCUT2D eigenvalue weighted by atomic mass is 10.2. The average Bonchev–Trinajstić information content (AvgIpc) is 2.64. The highest BCUT2D eigenvalue weighted by Gasteiger charge is 2.11. The van der Waals surface area contributed by atoms with E-state index >= 15 is 0 Å². The first-order chi connectivity index (χ1) is 12.2. The fraction of sp³-hybridized carbons (Fsp3) is 0.368. The van der Waals surface area contributed by atoms with Gasteiger partial charge in [0.1, 0.15) is 5.75 Å². The summed E-state index contributed by atoms with van der Waals surface area (Å²) in [5, 5.41) is 3.36. The van der Waals surface area contributed by atoms with Crippen LogP contribution >= 0.6 is 0 Å². The van der Waals surface area contributed by atoms with E-state index in [9.17, 15) is 0 Å². The van der Waals surface area contributed by atoms with Crippen molar-refractivity contribution in [3.05, 3.63) is 53.7 Å². The number of benzene rings is 1. The molecule has 0 bridgehead atoms. The summed E-state index contributed by atoms with van der Waals surface area (Å²) < 4.78 is 11.0. The minimum Gasteiger partial charge on any atom is -0.496 e. The molecule has 6 nitrogen and oxygen atoms in total. The second kappa shape index (κ2) is 9.52. The maximum absolute atomic E-state index is 5.57. The molecule has 0 spiro atoms. The number of guanidine groups is 1. The molecule has 1 heterocycles. The highest BCUT2D eigenvalue weighted by molar-refractivity contribution is 5.79. The first kappa shape index (κ1) is 18.6. The number of ether oxygens (including phenoxy) is 2. The molecular formula is C19H26N4O2. The van der Waals surface area contributed by atoms with Crippen molar-refractivity contribution in [1.82, 2.24) is 15.2 Å². The second-order valence-electron chi connectivity index (χ2n) is 5.47. The highest BCUT2D eigenvalue weighted by atomic mass is 16.5. The second-order valence-corrected chi connectivity index (χ2v) is 5.47. The lowest BCUT2D eigenvalue weighted by molar-refractivity contribution is 0.322. The Labute approximate surface area is 149 Å². The molecule has 1 aromatic heterocycles. The smallest absolute Gasteiger partial charge is 0.218 e. The SMILES string of the molecule is CCOc1ncccc1CNC(=NC)N(C)Cc1ccccc1OC. The molecule has 1 aromatic carbocycles. The lowest BCUT2D eigenvalue weighted by Gasteiger charge is -2.23. The fourth-order valence-corrected chi connectivity index (χ4v) is 2.55. The monoisotopic (exact) mass is 342 g/mol. The van der Waals surface area contributed by atoms with Crippen LogP contribution in [0.2, 0.25) is 0 Å². The molecule has 1 N–H and O–H groups in total. The van der Waals surface area contributed by atoms with Gasteiger partial charge in [0, 0.05) is 44.5 Å². The van der Waals surface area contributed by atoms with Crippen LogP contribution in [0.1, 0.15) is 18.1 Å². The number of aromatic nitrogens is 1. The van der Waals surface area contributed by atoms with Crippen LogP contribution in [0.3, 0.4) is 0 Å². The lowest BCUT2D eigenvalue weighted by Crippen LogP contribution is -2.38. The van der Waals surface area contributed by atoms with E-state index in [1.165, 1.54) is 0 Å². The molecule has 0 radical (unpaired) electrons. The topological polar surface area (TPSA) is 59.0 Å².